The first-order valence-electron chi connectivity index (χ1n) is 11.7. The maximum absolute atomic E-state index is 6.31. The SMILES string of the molecule is CCc1cc(N(C)c2ccc3oc(-c4ccccc4-c4nn[nH]n4)c(Br)c3c2)n2ncc(CC)c2n1. The molecule has 2 aromatic carbocycles. The molecule has 0 aliphatic heterocycles. The minimum absolute atomic E-state index is 0.512. The van der Waals surface area contributed by atoms with Crippen LogP contribution in [0.2, 0.25) is 0 Å². The molecule has 36 heavy (non-hydrogen) atoms. The highest BCUT2D eigenvalue weighted by Gasteiger charge is 2.21. The predicted octanol–water partition coefficient (Wildman–Crippen LogP) is 5.98. The van der Waals surface area contributed by atoms with Gasteiger partial charge in [-0.2, -0.15) is 14.8 Å². The van der Waals surface area contributed by atoms with Crippen molar-refractivity contribution in [3.05, 3.63) is 70.5 Å². The van der Waals surface area contributed by atoms with Crippen molar-refractivity contribution >= 4 is 44.1 Å². The van der Waals surface area contributed by atoms with Gasteiger partial charge in [0.05, 0.1) is 10.7 Å². The average Bonchev–Trinajstić information content (AvgIpc) is 3.67. The van der Waals surface area contributed by atoms with Gasteiger partial charge in [0.2, 0.25) is 5.82 Å². The second kappa shape index (κ2) is 8.87. The lowest BCUT2D eigenvalue weighted by atomic mass is 10.0. The number of aryl methyl sites for hydroxylation is 2. The molecule has 0 unspecified atom stereocenters. The summed E-state index contributed by atoms with van der Waals surface area (Å²) < 4.78 is 9.09. The highest BCUT2D eigenvalue weighted by Crippen LogP contribution is 2.42. The molecule has 0 saturated heterocycles. The molecule has 4 heterocycles. The van der Waals surface area contributed by atoms with Crippen molar-refractivity contribution in [1.82, 2.24) is 35.2 Å². The van der Waals surface area contributed by atoms with Crippen molar-refractivity contribution in [3.63, 3.8) is 0 Å². The first kappa shape index (κ1) is 22.4. The lowest BCUT2D eigenvalue weighted by Crippen LogP contribution is -2.15. The Balaban J connectivity index is 1.46. The van der Waals surface area contributed by atoms with Crippen LogP contribution in [0.1, 0.15) is 25.1 Å². The number of nitrogens with one attached hydrogen (secondary N) is 1. The smallest absolute Gasteiger partial charge is 0.205 e. The molecule has 0 radical (unpaired) electrons. The number of hydrogen-bond acceptors (Lipinski definition) is 7. The summed E-state index contributed by atoms with van der Waals surface area (Å²) in [5.74, 6) is 2.18. The van der Waals surface area contributed by atoms with E-state index in [0.29, 0.717) is 11.6 Å². The Bertz CT molecular complexity index is 1700. The number of rotatable bonds is 6. The number of anilines is 2. The van der Waals surface area contributed by atoms with Gasteiger partial charge in [0.1, 0.15) is 17.2 Å². The number of hydrogen-bond donors (Lipinski definition) is 1. The summed E-state index contributed by atoms with van der Waals surface area (Å²) in [6.07, 6.45) is 3.64. The summed E-state index contributed by atoms with van der Waals surface area (Å²) in [5, 5.41) is 20.1. The molecule has 0 aliphatic rings. The average molecular weight is 543 g/mol. The molecule has 4 aromatic heterocycles. The van der Waals surface area contributed by atoms with E-state index in [1.165, 1.54) is 0 Å². The summed E-state index contributed by atoms with van der Waals surface area (Å²) in [5.41, 5.74) is 6.57. The van der Waals surface area contributed by atoms with Crippen LogP contribution < -0.4 is 4.90 Å². The van der Waals surface area contributed by atoms with Crippen LogP contribution in [0.4, 0.5) is 11.5 Å². The van der Waals surface area contributed by atoms with Crippen molar-refractivity contribution in [2.24, 2.45) is 0 Å². The Morgan fingerprint density at radius 1 is 1.06 bits per heavy atom. The number of furan rings is 1. The Kier molecular flexibility index (Phi) is 5.52. The van der Waals surface area contributed by atoms with Gasteiger partial charge in [0.25, 0.3) is 0 Å². The van der Waals surface area contributed by atoms with E-state index >= 15 is 0 Å². The molecule has 0 fully saturated rings. The fourth-order valence-corrected chi connectivity index (χ4v) is 5.04. The molecule has 0 bridgehead atoms. The van der Waals surface area contributed by atoms with E-state index in [9.17, 15) is 0 Å². The van der Waals surface area contributed by atoms with E-state index in [-0.39, 0.29) is 0 Å². The number of aromatic amines is 1. The van der Waals surface area contributed by atoms with Crippen molar-refractivity contribution in [2.45, 2.75) is 26.7 Å². The molecule has 180 valence electrons. The highest BCUT2D eigenvalue weighted by molar-refractivity contribution is 9.10. The van der Waals surface area contributed by atoms with Gasteiger partial charge in [-0.3, -0.25) is 0 Å². The van der Waals surface area contributed by atoms with Crippen LogP contribution in [-0.2, 0) is 12.8 Å². The Morgan fingerprint density at radius 2 is 1.89 bits per heavy atom. The fourth-order valence-electron chi connectivity index (χ4n) is 4.43. The minimum Gasteiger partial charge on any atom is -0.455 e. The van der Waals surface area contributed by atoms with E-state index in [1.54, 1.807) is 0 Å². The number of halogens is 1. The van der Waals surface area contributed by atoms with Crippen LogP contribution in [0.5, 0.6) is 0 Å². The van der Waals surface area contributed by atoms with Crippen molar-refractivity contribution in [3.8, 4) is 22.7 Å². The Morgan fingerprint density at radius 3 is 2.64 bits per heavy atom. The molecule has 6 aromatic rings. The second-order valence-electron chi connectivity index (χ2n) is 8.48. The number of benzene rings is 2. The zero-order valence-corrected chi connectivity index (χ0v) is 21.6. The summed E-state index contributed by atoms with van der Waals surface area (Å²) in [4.78, 5) is 6.96. The monoisotopic (exact) mass is 542 g/mol. The molecular formula is C26H23BrN8O. The van der Waals surface area contributed by atoms with Gasteiger partial charge in [-0.15, -0.1) is 10.2 Å². The first-order chi connectivity index (χ1) is 17.6. The van der Waals surface area contributed by atoms with Crippen molar-refractivity contribution in [2.75, 3.05) is 11.9 Å². The van der Waals surface area contributed by atoms with Crippen LogP contribution in [-0.4, -0.2) is 42.3 Å². The van der Waals surface area contributed by atoms with Gasteiger partial charge in [-0.05, 0) is 52.2 Å². The molecule has 1 N–H and O–H groups in total. The normalized spacial score (nSPS) is 11.6. The van der Waals surface area contributed by atoms with Crippen LogP contribution in [0.3, 0.4) is 0 Å². The van der Waals surface area contributed by atoms with E-state index in [0.717, 1.165) is 67.8 Å². The lowest BCUT2D eigenvalue weighted by molar-refractivity contribution is 0.630. The van der Waals surface area contributed by atoms with Crippen LogP contribution in [0.15, 0.2) is 63.6 Å². The number of aromatic nitrogens is 7. The molecule has 6 rings (SSSR count). The van der Waals surface area contributed by atoms with Gasteiger partial charge >= 0.3 is 0 Å². The number of fused-ring (bicyclic) bond motifs is 2. The van der Waals surface area contributed by atoms with Gasteiger partial charge in [0.15, 0.2) is 5.65 Å². The maximum Gasteiger partial charge on any atom is 0.205 e. The molecule has 0 atom stereocenters. The lowest BCUT2D eigenvalue weighted by Gasteiger charge is -2.21. The van der Waals surface area contributed by atoms with E-state index in [1.807, 2.05) is 48.1 Å². The Labute approximate surface area is 215 Å². The van der Waals surface area contributed by atoms with E-state index < -0.39 is 0 Å². The third-order valence-corrected chi connectivity index (χ3v) is 7.21. The number of nitrogens with zero attached hydrogens (tertiary/aromatic N) is 7. The molecule has 0 spiro atoms. The number of H-pyrrole nitrogens is 1. The molecule has 0 amide bonds. The quantitative estimate of drug-likeness (QED) is 0.276. The van der Waals surface area contributed by atoms with Crippen LogP contribution >= 0.6 is 15.9 Å². The molecule has 0 saturated carbocycles. The zero-order chi connectivity index (χ0) is 24.8. The highest BCUT2D eigenvalue weighted by atomic mass is 79.9. The van der Waals surface area contributed by atoms with Gasteiger partial charge < -0.3 is 9.32 Å². The summed E-state index contributed by atoms with van der Waals surface area (Å²) in [6, 6.07) is 16.1. The van der Waals surface area contributed by atoms with Gasteiger partial charge in [-0.25, -0.2) is 4.98 Å². The van der Waals surface area contributed by atoms with Crippen molar-refractivity contribution < 1.29 is 4.42 Å². The van der Waals surface area contributed by atoms with Crippen LogP contribution in [0.25, 0.3) is 39.3 Å². The van der Waals surface area contributed by atoms with E-state index in [2.05, 4.69) is 78.6 Å². The maximum atomic E-state index is 6.31. The topological polar surface area (TPSA) is 101 Å². The van der Waals surface area contributed by atoms with E-state index in [4.69, 9.17) is 9.40 Å². The third-order valence-electron chi connectivity index (χ3n) is 6.42. The van der Waals surface area contributed by atoms with Crippen molar-refractivity contribution in [1.29, 1.82) is 0 Å². The first-order valence-corrected chi connectivity index (χ1v) is 12.5. The third kappa shape index (κ3) is 3.56. The summed E-state index contributed by atoms with van der Waals surface area (Å²) in [6.45, 7) is 4.24. The molecule has 9 nitrogen and oxygen atoms in total. The largest absolute Gasteiger partial charge is 0.455 e. The Hall–Kier alpha value is -4.05. The van der Waals surface area contributed by atoms with Gasteiger partial charge in [-0.1, -0.05) is 38.1 Å². The molecule has 10 heteroatoms. The number of tetrazole rings is 1. The molecular weight excluding hydrogens is 520 g/mol. The standard InChI is InChI=1S/C26H23BrN8O/c1-4-15-14-28-35-22(12-16(5-2)29-26(15)35)34(3)17-10-11-21-20(13-17)23(27)24(36-21)18-8-6-7-9-19(18)25-30-32-33-31-25/h6-14H,4-5H2,1-3H3,(H,30,31,32,33). The van der Waals surface area contributed by atoms with Gasteiger partial charge in [0, 0.05) is 46.6 Å². The minimum atomic E-state index is 0.512. The molecule has 0 aliphatic carbocycles. The second-order valence-corrected chi connectivity index (χ2v) is 9.28. The predicted molar refractivity (Wildman–Crippen MR) is 142 cm³/mol. The summed E-state index contributed by atoms with van der Waals surface area (Å²) in [7, 11) is 2.04. The summed E-state index contributed by atoms with van der Waals surface area (Å²) >= 11 is 3.80. The fraction of sp³-hybridized carbons (Fsp3) is 0.192. The van der Waals surface area contributed by atoms with Crippen LogP contribution in [0, 0.1) is 0 Å². The zero-order valence-electron chi connectivity index (χ0n) is 20.0.